The molecule has 5 nitrogen and oxygen atoms in total. The first-order valence-electron chi connectivity index (χ1n) is 9.05. The summed E-state index contributed by atoms with van der Waals surface area (Å²) in [5, 5.41) is 10.9. The second-order valence-corrected chi connectivity index (χ2v) is 6.56. The fourth-order valence-corrected chi connectivity index (χ4v) is 3.43. The molecule has 0 fully saturated rings. The monoisotopic (exact) mass is 359 g/mol. The Hall–Kier alpha value is -3.18. The predicted octanol–water partition coefficient (Wildman–Crippen LogP) is 3.74. The first-order chi connectivity index (χ1) is 13.2. The Labute approximate surface area is 156 Å². The molecule has 0 aliphatic rings. The van der Waals surface area contributed by atoms with Gasteiger partial charge in [-0.2, -0.15) is 0 Å². The van der Waals surface area contributed by atoms with Gasteiger partial charge in [0.05, 0.1) is 10.9 Å². The van der Waals surface area contributed by atoms with Crippen molar-refractivity contribution in [3.8, 4) is 0 Å². The molecule has 0 atom stereocenters. The number of H-pyrrole nitrogens is 1. The van der Waals surface area contributed by atoms with Crippen molar-refractivity contribution in [1.29, 1.82) is 0 Å². The van der Waals surface area contributed by atoms with Crippen LogP contribution in [0.1, 0.15) is 23.5 Å². The van der Waals surface area contributed by atoms with Crippen molar-refractivity contribution >= 4 is 34.0 Å². The third kappa shape index (κ3) is 3.17. The van der Waals surface area contributed by atoms with E-state index in [1.54, 1.807) is 10.6 Å². The van der Waals surface area contributed by atoms with Crippen LogP contribution in [0.3, 0.4) is 0 Å². The van der Waals surface area contributed by atoms with Crippen molar-refractivity contribution in [3.05, 3.63) is 76.0 Å². The summed E-state index contributed by atoms with van der Waals surface area (Å²) in [6.07, 6.45) is 4.39. The van der Waals surface area contributed by atoms with Crippen LogP contribution in [0.2, 0.25) is 0 Å². The molecule has 0 unspecified atom stereocenters. The van der Waals surface area contributed by atoms with Crippen molar-refractivity contribution in [3.63, 3.8) is 0 Å². The summed E-state index contributed by atoms with van der Waals surface area (Å²) in [6, 6.07) is 15.5. The molecule has 4 rings (SSSR count). The SMILES string of the molecule is Cc1[nH]c2ccccc2c1C=Cc1nc2ccccc2c(=O)n1CCCO. The molecule has 136 valence electrons. The zero-order chi connectivity index (χ0) is 18.8. The van der Waals surface area contributed by atoms with E-state index in [0.717, 1.165) is 22.2 Å². The Morgan fingerprint density at radius 3 is 2.63 bits per heavy atom. The molecule has 2 N–H and O–H groups in total. The van der Waals surface area contributed by atoms with E-state index in [4.69, 9.17) is 0 Å². The smallest absolute Gasteiger partial charge is 0.261 e. The van der Waals surface area contributed by atoms with Crippen molar-refractivity contribution in [2.45, 2.75) is 19.9 Å². The molecule has 0 spiro atoms. The maximum atomic E-state index is 12.9. The number of hydrogen-bond acceptors (Lipinski definition) is 3. The highest BCUT2D eigenvalue weighted by Gasteiger charge is 2.10. The van der Waals surface area contributed by atoms with Crippen LogP contribution in [0, 0.1) is 6.92 Å². The van der Waals surface area contributed by atoms with Crippen molar-refractivity contribution in [2.75, 3.05) is 6.61 Å². The minimum atomic E-state index is -0.0793. The maximum absolute atomic E-state index is 12.9. The Morgan fingerprint density at radius 1 is 1.07 bits per heavy atom. The molecule has 2 aromatic heterocycles. The van der Waals surface area contributed by atoms with Gasteiger partial charge in [-0.15, -0.1) is 0 Å². The van der Waals surface area contributed by atoms with Crippen LogP contribution < -0.4 is 5.56 Å². The van der Waals surface area contributed by atoms with Gasteiger partial charge in [0.1, 0.15) is 5.82 Å². The second-order valence-electron chi connectivity index (χ2n) is 6.56. The van der Waals surface area contributed by atoms with E-state index in [1.165, 1.54) is 0 Å². The summed E-state index contributed by atoms with van der Waals surface area (Å²) < 4.78 is 1.64. The summed E-state index contributed by atoms with van der Waals surface area (Å²) in [5.41, 5.74) is 3.83. The fraction of sp³-hybridized carbons (Fsp3) is 0.182. The summed E-state index contributed by atoms with van der Waals surface area (Å²) in [6.45, 7) is 2.50. The van der Waals surface area contributed by atoms with Gasteiger partial charge in [-0.05, 0) is 43.7 Å². The first kappa shape index (κ1) is 17.2. The molecule has 0 radical (unpaired) electrons. The van der Waals surface area contributed by atoms with Crippen LogP contribution >= 0.6 is 0 Å². The molecule has 2 aromatic carbocycles. The van der Waals surface area contributed by atoms with E-state index in [9.17, 15) is 9.90 Å². The quantitative estimate of drug-likeness (QED) is 0.570. The molecule has 2 heterocycles. The summed E-state index contributed by atoms with van der Waals surface area (Å²) in [7, 11) is 0. The molecule has 5 heteroatoms. The van der Waals surface area contributed by atoms with Crippen molar-refractivity contribution in [2.24, 2.45) is 0 Å². The van der Waals surface area contributed by atoms with Crippen molar-refractivity contribution < 1.29 is 5.11 Å². The van der Waals surface area contributed by atoms with Gasteiger partial charge in [-0.1, -0.05) is 30.3 Å². The minimum Gasteiger partial charge on any atom is -0.396 e. The number of fused-ring (bicyclic) bond motifs is 2. The first-order valence-corrected chi connectivity index (χ1v) is 9.05. The van der Waals surface area contributed by atoms with E-state index in [2.05, 4.69) is 16.0 Å². The topological polar surface area (TPSA) is 70.9 Å². The number of aromatic nitrogens is 3. The lowest BCUT2D eigenvalue weighted by atomic mass is 10.1. The Morgan fingerprint density at radius 2 is 1.81 bits per heavy atom. The van der Waals surface area contributed by atoms with Gasteiger partial charge in [-0.25, -0.2) is 4.98 Å². The van der Waals surface area contributed by atoms with Gasteiger partial charge in [-0.3, -0.25) is 9.36 Å². The zero-order valence-electron chi connectivity index (χ0n) is 15.1. The molecule has 0 aliphatic carbocycles. The molecule has 0 aliphatic heterocycles. The van der Waals surface area contributed by atoms with Gasteiger partial charge in [0.15, 0.2) is 0 Å². The lowest BCUT2D eigenvalue weighted by Gasteiger charge is -2.10. The number of nitrogens with one attached hydrogen (secondary N) is 1. The fourth-order valence-electron chi connectivity index (χ4n) is 3.43. The molecule has 27 heavy (non-hydrogen) atoms. The standard InChI is InChI=1S/C22H21N3O2/c1-15-16(17-7-2-4-9-19(17)23-15)11-12-21-24-20-10-5-3-8-18(20)22(27)25(21)13-6-14-26/h2-5,7-12,23,26H,6,13-14H2,1H3. The van der Waals surface area contributed by atoms with Crippen LogP contribution in [-0.2, 0) is 6.54 Å². The van der Waals surface area contributed by atoms with Gasteiger partial charge in [0.2, 0.25) is 0 Å². The number of benzene rings is 2. The number of hydrogen-bond donors (Lipinski definition) is 2. The van der Waals surface area contributed by atoms with Gasteiger partial charge in [0, 0.05) is 35.3 Å². The van der Waals surface area contributed by atoms with Gasteiger partial charge in [0.25, 0.3) is 5.56 Å². The highest BCUT2D eigenvalue weighted by Crippen LogP contribution is 2.24. The van der Waals surface area contributed by atoms with Crippen molar-refractivity contribution in [1.82, 2.24) is 14.5 Å². The average Bonchev–Trinajstić information content (AvgIpc) is 3.01. The molecule has 0 saturated carbocycles. The summed E-state index contributed by atoms with van der Waals surface area (Å²) in [4.78, 5) is 21.0. The average molecular weight is 359 g/mol. The minimum absolute atomic E-state index is 0.0317. The predicted molar refractivity (Wildman–Crippen MR) is 110 cm³/mol. The number of aliphatic hydroxyl groups excluding tert-OH is 1. The van der Waals surface area contributed by atoms with E-state index in [0.29, 0.717) is 29.7 Å². The molecular formula is C22H21N3O2. The van der Waals surface area contributed by atoms with Crippen LogP contribution in [-0.4, -0.2) is 26.2 Å². The maximum Gasteiger partial charge on any atom is 0.261 e. The number of aryl methyl sites for hydroxylation is 1. The van der Waals surface area contributed by atoms with Crippen LogP contribution in [0.15, 0.2) is 53.3 Å². The summed E-state index contributed by atoms with van der Waals surface area (Å²) in [5.74, 6) is 0.594. The highest BCUT2D eigenvalue weighted by molar-refractivity contribution is 5.93. The largest absolute Gasteiger partial charge is 0.396 e. The number of rotatable bonds is 5. The van der Waals surface area contributed by atoms with Crippen LogP contribution in [0.5, 0.6) is 0 Å². The normalized spacial score (nSPS) is 11.8. The molecule has 0 amide bonds. The lowest BCUT2D eigenvalue weighted by molar-refractivity contribution is 0.278. The molecule has 0 bridgehead atoms. The zero-order valence-corrected chi connectivity index (χ0v) is 15.1. The Balaban J connectivity index is 1.86. The van der Waals surface area contributed by atoms with Crippen LogP contribution in [0.25, 0.3) is 34.0 Å². The number of nitrogens with zero attached hydrogens (tertiary/aromatic N) is 2. The number of para-hydroxylation sites is 2. The third-order valence-corrected chi connectivity index (χ3v) is 4.77. The second kappa shape index (κ2) is 7.21. The van der Waals surface area contributed by atoms with Gasteiger partial charge >= 0.3 is 0 Å². The molecular weight excluding hydrogens is 338 g/mol. The third-order valence-electron chi connectivity index (χ3n) is 4.77. The molecule has 4 aromatic rings. The van der Waals surface area contributed by atoms with E-state index in [1.807, 2.05) is 55.5 Å². The Bertz CT molecular complexity index is 1200. The van der Waals surface area contributed by atoms with E-state index in [-0.39, 0.29) is 12.2 Å². The van der Waals surface area contributed by atoms with E-state index >= 15 is 0 Å². The van der Waals surface area contributed by atoms with E-state index < -0.39 is 0 Å². The number of aliphatic hydroxyl groups is 1. The molecule has 0 saturated heterocycles. The summed E-state index contributed by atoms with van der Waals surface area (Å²) >= 11 is 0. The Kier molecular flexibility index (Phi) is 4.60. The highest BCUT2D eigenvalue weighted by atomic mass is 16.3. The number of aromatic amines is 1. The lowest BCUT2D eigenvalue weighted by Crippen LogP contribution is -2.24. The van der Waals surface area contributed by atoms with Crippen LogP contribution in [0.4, 0.5) is 0 Å². The van der Waals surface area contributed by atoms with Gasteiger partial charge < -0.3 is 10.1 Å².